The molecule has 0 heterocycles. The molecule has 0 unspecified atom stereocenters. The summed E-state index contributed by atoms with van der Waals surface area (Å²) in [6.07, 6.45) is 0. The zero-order valence-corrected chi connectivity index (χ0v) is 7.53. The number of rotatable bonds is 3. The molecule has 0 amide bonds. The maximum Gasteiger partial charge on any atom is 0.707 e. The Morgan fingerprint density at radius 3 is 2.69 bits per heavy atom. The van der Waals surface area contributed by atoms with Crippen LogP contribution in [-0.2, 0) is 6.54 Å². The lowest BCUT2D eigenvalue weighted by atomic mass is 10.2. The Hall–Kier alpha value is -0.745. The van der Waals surface area contributed by atoms with Gasteiger partial charge in [0.15, 0.2) is 0 Å². The van der Waals surface area contributed by atoms with Crippen molar-refractivity contribution in [1.82, 2.24) is 0 Å². The number of hydrogen-bond donors (Lipinski definition) is 3. The lowest BCUT2D eigenvalue weighted by molar-refractivity contribution is 0.288. The minimum atomic E-state index is -1.87. The highest BCUT2D eigenvalue weighted by Gasteiger charge is 2.13. The van der Waals surface area contributed by atoms with Gasteiger partial charge < -0.3 is 20.4 Å². The quantitative estimate of drug-likeness (QED) is 0.609. The molecule has 0 radical (unpaired) electrons. The summed E-state index contributed by atoms with van der Waals surface area (Å²) in [5.41, 5.74) is 6.18. The Balaban J connectivity index is 2.90. The third-order valence-corrected chi connectivity index (χ3v) is 1.78. The van der Waals surface area contributed by atoms with Gasteiger partial charge in [-0.15, -0.1) is 0 Å². The molecule has 0 saturated carbocycles. The predicted molar refractivity (Wildman–Crippen MR) is 50.2 cm³/mol. The van der Waals surface area contributed by atoms with Gasteiger partial charge in [0.1, 0.15) is 5.75 Å². The smallest absolute Gasteiger partial charge is 0.511 e. The summed E-state index contributed by atoms with van der Waals surface area (Å²) in [5.74, 6) is 0.208. The highest BCUT2D eigenvalue weighted by molar-refractivity contribution is 6.36. The lowest BCUT2D eigenvalue weighted by Gasteiger charge is -2.07. The monoisotopic (exact) mass is 201 g/mol. The SMILES string of the molecule is NCc1ccc(Cl)c(OB(O)O)c1. The minimum absolute atomic E-state index is 0.208. The normalized spacial score (nSPS) is 9.85. The molecule has 0 bridgehead atoms. The minimum Gasteiger partial charge on any atom is -0.511 e. The van der Waals surface area contributed by atoms with Crippen LogP contribution in [0.2, 0.25) is 5.02 Å². The molecule has 70 valence electrons. The first-order chi connectivity index (χ1) is 6.13. The standard InChI is InChI=1S/C7H9BClNO3/c9-6-2-1-5(4-10)3-7(6)13-8(11)12/h1-3,11-12H,4,10H2. The van der Waals surface area contributed by atoms with Gasteiger partial charge in [0.2, 0.25) is 0 Å². The molecule has 1 aromatic carbocycles. The van der Waals surface area contributed by atoms with E-state index in [1.54, 1.807) is 18.2 Å². The molecule has 0 atom stereocenters. The summed E-state index contributed by atoms with van der Waals surface area (Å²) in [4.78, 5) is 0. The van der Waals surface area contributed by atoms with Crippen LogP contribution in [0, 0.1) is 0 Å². The molecule has 13 heavy (non-hydrogen) atoms. The summed E-state index contributed by atoms with van der Waals surface area (Å²) in [6, 6.07) is 4.88. The second kappa shape index (κ2) is 4.48. The highest BCUT2D eigenvalue weighted by Crippen LogP contribution is 2.25. The fourth-order valence-corrected chi connectivity index (χ4v) is 1.04. The number of hydrogen-bond acceptors (Lipinski definition) is 4. The van der Waals surface area contributed by atoms with Crippen molar-refractivity contribution in [3.8, 4) is 5.75 Å². The molecule has 0 aliphatic carbocycles. The van der Waals surface area contributed by atoms with Crippen molar-refractivity contribution in [1.29, 1.82) is 0 Å². The molecule has 1 aromatic rings. The van der Waals surface area contributed by atoms with Crippen LogP contribution < -0.4 is 10.4 Å². The molecule has 0 aromatic heterocycles. The van der Waals surface area contributed by atoms with E-state index in [2.05, 4.69) is 4.65 Å². The fraction of sp³-hybridized carbons (Fsp3) is 0.143. The van der Waals surface area contributed by atoms with Crippen LogP contribution >= 0.6 is 11.6 Å². The van der Waals surface area contributed by atoms with E-state index in [-0.39, 0.29) is 5.75 Å². The first-order valence-corrected chi connectivity index (χ1v) is 4.02. The topological polar surface area (TPSA) is 75.7 Å². The summed E-state index contributed by atoms with van der Waals surface area (Å²) < 4.78 is 4.61. The summed E-state index contributed by atoms with van der Waals surface area (Å²) in [6.45, 7) is 0.342. The average molecular weight is 201 g/mol. The molecule has 0 fully saturated rings. The van der Waals surface area contributed by atoms with Gasteiger partial charge >= 0.3 is 7.32 Å². The van der Waals surface area contributed by atoms with Gasteiger partial charge in [0, 0.05) is 6.54 Å². The van der Waals surface area contributed by atoms with Gasteiger partial charge in [-0.2, -0.15) is 0 Å². The van der Waals surface area contributed by atoms with E-state index in [0.717, 1.165) is 5.56 Å². The van der Waals surface area contributed by atoms with Crippen LogP contribution in [0.15, 0.2) is 18.2 Å². The van der Waals surface area contributed by atoms with Crippen molar-refractivity contribution in [2.75, 3.05) is 0 Å². The van der Waals surface area contributed by atoms with Crippen molar-refractivity contribution in [2.45, 2.75) is 6.54 Å². The maximum atomic E-state index is 8.54. The van der Waals surface area contributed by atoms with Crippen LogP contribution in [0.5, 0.6) is 5.75 Å². The second-order valence-corrected chi connectivity index (χ2v) is 2.82. The second-order valence-electron chi connectivity index (χ2n) is 2.41. The van der Waals surface area contributed by atoms with E-state index >= 15 is 0 Å². The van der Waals surface area contributed by atoms with Crippen LogP contribution in [-0.4, -0.2) is 17.4 Å². The molecule has 6 heteroatoms. The Morgan fingerprint density at radius 1 is 1.46 bits per heavy atom. The van der Waals surface area contributed by atoms with Crippen molar-refractivity contribution in [3.05, 3.63) is 28.8 Å². The summed E-state index contributed by atoms with van der Waals surface area (Å²) >= 11 is 5.71. The van der Waals surface area contributed by atoms with E-state index in [4.69, 9.17) is 27.4 Å². The Labute approximate surface area is 81.1 Å². The maximum absolute atomic E-state index is 8.54. The Bertz CT molecular complexity index is 295. The summed E-state index contributed by atoms with van der Waals surface area (Å²) in [7, 11) is -1.87. The van der Waals surface area contributed by atoms with Gasteiger partial charge in [-0.25, -0.2) is 0 Å². The van der Waals surface area contributed by atoms with E-state index < -0.39 is 7.32 Å². The van der Waals surface area contributed by atoms with Crippen molar-refractivity contribution in [3.63, 3.8) is 0 Å². The highest BCUT2D eigenvalue weighted by atomic mass is 35.5. The van der Waals surface area contributed by atoms with Crippen LogP contribution in [0.25, 0.3) is 0 Å². The lowest BCUT2D eigenvalue weighted by Crippen LogP contribution is -2.20. The molecule has 0 aliphatic heterocycles. The first kappa shape index (κ1) is 10.3. The van der Waals surface area contributed by atoms with E-state index in [9.17, 15) is 0 Å². The Kier molecular flexibility index (Phi) is 3.56. The van der Waals surface area contributed by atoms with E-state index in [0.29, 0.717) is 11.6 Å². The van der Waals surface area contributed by atoms with Gasteiger partial charge in [-0.3, -0.25) is 0 Å². The molecule has 4 nitrogen and oxygen atoms in total. The summed E-state index contributed by atoms with van der Waals surface area (Å²) in [5, 5.41) is 17.4. The molecule has 0 spiro atoms. The number of benzene rings is 1. The van der Waals surface area contributed by atoms with Crippen LogP contribution in [0.4, 0.5) is 0 Å². The zero-order chi connectivity index (χ0) is 9.84. The van der Waals surface area contributed by atoms with Gasteiger partial charge in [-0.1, -0.05) is 17.7 Å². The van der Waals surface area contributed by atoms with Gasteiger partial charge in [0.05, 0.1) is 5.02 Å². The Morgan fingerprint density at radius 2 is 2.15 bits per heavy atom. The first-order valence-electron chi connectivity index (χ1n) is 3.65. The van der Waals surface area contributed by atoms with Crippen molar-refractivity contribution >= 4 is 18.9 Å². The molecular formula is C7H9BClNO3. The average Bonchev–Trinajstić information content (AvgIpc) is 2.08. The van der Waals surface area contributed by atoms with E-state index in [1.807, 2.05) is 0 Å². The molecule has 4 N–H and O–H groups in total. The van der Waals surface area contributed by atoms with E-state index in [1.165, 1.54) is 0 Å². The number of nitrogens with two attached hydrogens (primary N) is 1. The number of halogens is 1. The van der Waals surface area contributed by atoms with Crippen molar-refractivity contribution < 1.29 is 14.7 Å². The molecule has 0 saturated heterocycles. The van der Waals surface area contributed by atoms with Gasteiger partial charge in [0.25, 0.3) is 0 Å². The fourth-order valence-electron chi connectivity index (χ4n) is 0.879. The molecule has 1 rings (SSSR count). The van der Waals surface area contributed by atoms with Gasteiger partial charge in [-0.05, 0) is 17.7 Å². The largest absolute Gasteiger partial charge is 0.707 e. The predicted octanol–water partition coefficient (Wildman–Crippen LogP) is 0.147. The van der Waals surface area contributed by atoms with Crippen LogP contribution in [0.3, 0.4) is 0 Å². The third-order valence-electron chi connectivity index (χ3n) is 1.46. The molecular weight excluding hydrogens is 192 g/mol. The third kappa shape index (κ3) is 2.89. The molecule has 0 aliphatic rings. The zero-order valence-electron chi connectivity index (χ0n) is 6.77. The van der Waals surface area contributed by atoms with Crippen LogP contribution in [0.1, 0.15) is 5.56 Å². The van der Waals surface area contributed by atoms with Crippen molar-refractivity contribution in [2.24, 2.45) is 5.73 Å².